The van der Waals surface area contributed by atoms with E-state index >= 15 is 0 Å². The number of aliphatic carboxylic acids is 1. The van der Waals surface area contributed by atoms with Crippen molar-refractivity contribution in [1.82, 2.24) is 5.32 Å². The molecule has 0 heterocycles. The summed E-state index contributed by atoms with van der Waals surface area (Å²) in [6, 6.07) is 0. The number of rotatable bonds is 8. The van der Waals surface area contributed by atoms with Gasteiger partial charge in [0.2, 0.25) is 5.91 Å². The van der Waals surface area contributed by atoms with Crippen LogP contribution < -0.4 is 5.32 Å². The minimum absolute atomic E-state index is 0.00725. The fourth-order valence-electron chi connectivity index (χ4n) is 1.21. The number of carbonyl (C=O) groups is 2. The first-order valence-electron chi connectivity index (χ1n) is 5.19. The molecule has 94 valence electrons. The largest absolute Gasteiger partial charge is 0.481 e. The van der Waals surface area contributed by atoms with Crippen molar-refractivity contribution in [3.63, 3.8) is 0 Å². The van der Waals surface area contributed by atoms with Crippen LogP contribution in [0.4, 0.5) is 0 Å². The van der Waals surface area contributed by atoms with Gasteiger partial charge < -0.3 is 20.6 Å². The van der Waals surface area contributed by atoms with Crippen molar-refractivity contribution in [2.45, 2.75) is 38.2 Å². The predicted octanol–water partition coefficient (Wildman–Crippen LogP) is -0.509. The van der Waals surface area contributed by atoms with E-state index in [0.717, 1.165) is 0 Å². The molecule has 1 amide bonds. The minimum atomic E-state index is -1.22. The number of carboxylic acids is 1. The van der Waals surface area contributed by atoms with Crippen LogP contribution in [-0.4, -0.2) is 45.9 Å². The molecule has 0 aliphatic heterocycles. The molecule has 1 atom stereocenters. The standard InChI is InChI=1S/C10H19NO5/c1-10(16,4-6-12)7-8(13)11-5-2-3-9(14)15/h12,16H,2-7H2,1H3,(H,11,13)(H,14,15). The lowest BCUT2D eigenvalue weighted by atomic mass is 9.98. The fourth-order valence-corrected chi connectivity index (χ4v) is 1.21. The average Bonchev–Trinajstić information content (AvgIpc) is 2.11. The van der Waals surface area contributed by atoms with Gasteiger partial charge in [0.05, 0.1) is 12.0 Å². The monoisotopic (exact) mass is 233 g/mol. The smallest absolute Gasteiger partial charge is 0.303 e. The minimum Gasteiger partial charge on any atom is -0.481 e. The third-order valence-electron chi connectivity index (χ3n) is 2.08. The van der Waals surface area contributed by atoms with E-state index in [1.54, 1.807) is 0 Å². The Kier molecular flexibility index (Phi) is 6.67. The molecule has 0 rings (SSSR count). The molecule has 6 nitrogen and oxygen atoms in total. The molecule has 0 aliphatic rings. The third kappa shape index (κ3) is 8.19. The third-order valence-corrected chi connectivity index (χ3v) is 2.08. The molecular formula is C10H19NO5. The number of aliphatic hydroxyl groups excluding tert-OH is 1. The molecule has 0 bridgehead atoms. The molecule has 0 aromatic carbocycles. The molecule has 6 heteroatoms. The molecule has 1 unspecified atom stereocenters. The van der Waals surface area contributed by atoms with Crippen LogP contribution >= 0.6 is 0 Å². The molecule has 4 N–H and O–H groups in total. The van der Waals surface area contributed by atoms with E-state index in [-0.39, 0.29) is 38.3 Å². The maximum atomic E-state index is 11.3. The molecule has 0 saturated carbocycles. The lowest BCUT2D eigenvalue weighted by Gasteiger charge is -2.21. The summed E-state index contributed by atoms with van der Waals surface area (Å²) < 4.78 is 0. The zero-order chi connectivity index (χ0) is 12.6. The van der Waals surface area contributed by atoms with E-state index in [1.165, 1.54) is 6.92 Å². The van der Waals surface area contributed by atoms with Gasteiger partial charge in [0.25, 0.3) is 0 Å². The van der Waals surface area contributed by atoms with Gasteiger partial charge in [0.1, 0.15) is 0 Å². The SMILES string of the molecule is CC(O)(CCO)CC(=O)NCCCC(=O)O. The topological polar surface area (TPSA) is 107 Å². The molecule has 0 aromatic rings. The van der Waals surface area contributed by atoms with Crippen molar-refractivity contribution in [3.05, 3.63) is 0 Å². The van der Waals surface area contributed by atoms with E-state index < -0.39 is 11.6 Å². The van der Waals surface area contributed by atoms with Gasteiger partial charge in [-0.25, -0.2) is 0 Å². The summed E-state index contributed by atoms with van der Waals surface area (Å²) in [5.41, 5.74) is -1.22. The summed E-state index contributed by atoms with van der Waals surface area (Å²) in [6.45, 7) is 1.57. The quantitative estimate of drug-likeness (QED) is 0.422. The predicted molar refractivity (Wildman–Crippen MR) is 56.8 cm³/mol. The van der Waals surface area contributed by atoms with Crippen molar-refractivity contribution in [2.24, 2.45) is 0 Å². The van der Waals surface area contributed by atoms with Crippen LogP contribution in [0.2, 0.25) is 0 Å². The number of nitrogens with one attached hydrogen (secondary N) is 1. The van der Waals surface area contributed by atoms with E-state index in [2.05, 4.69) is 5.32 Å². The summed E-state index contributed by atoms with van der Waals surface area (Å²) >= 11 is 0. The lowest BCUT2D eigenvalue weighted by molar-refractivity contribution is -0.137. The van der Waals surface area contributed by atoms with Crippen LogP contribution in [0.5, 0.6) is 0 Å². The van der Waals surface area contributed by atoms with Gasteiger partial charge in [-0.1, -0.05) is 0 Å². The zero-order valence-electron chi connectivity index (χ0n) is 9.40. The summed E-state index contributed by atoms with van der Waals surface area (Å²) in [5.74, 6) is -1.25. The van der Waals surface area contributed by atoms with Crippen LogP contribution in [0.15, 0.2) is 0 Å². The van der Waals surface area contributed by atoms with Crippen LogP contribution in [0, 0.1) is 0 Å². The van der Waals surface area contributed by atoms with E-state index in [4.69, 9.17) is 10.2 Å². The van der Waals surface area contributed by atoms with Gasteiger partial charge in [-0.15, -0.1) is 0 Å². The van der Waals surface area contributed by atoms with E-state index in [0.29, 0.717) is 6.42 Å². The molecule has 0 spiro atoms. The Morgan fingerprint density at radius 2 is 2.00 bits per heavy atom. The van der Waals surface area contributed by atoms with Crippen LogP contribution in [0.3, 0.4) is 0 Å². The summed E-state index contributed by atoms with van der Waals surface area (Å²) in [4.78, 5) is 21.5. The van der Waals surface area contributed by atoms with Crippen molar-refractivity contribution >= 4 is 11.9 Å². The highest BCUT2D eigenvalue weighted by Gasteiger charge is 2.23. The molecule has 16 heavy (non-hydrogen) atoms. The second-order valence-corrected chi connectivity index (χ2v) is 3.99. The highest BCUT2D eigenvalue weighted by molar-refractivity contribution is 5.77. The summed E-state index contributed by atoms with van der Waals surface area (Å²) in [6.07, 6.45) is 0.409. The van der Waals surface area contributed by atoms with Crippen molar-refractivity contribution in [1.29, 1.82) is 0 Å². The van der Waals surface area contributed by atoms with E-state index in [1.807, 2.05) is 0 Å². The Labute approximate surface area is 94.3 Å². The summed E-state index contributed by atoms with van der Waals surface area (Å²) in [7, 11) is 0. The highest BCUT2D eigenvalue weighted by atomic mass is 16.4. The summed E-state index contributed by atoms with van der Waals surface area (Å²) in [5, 5.41) is 29.1. The number of carbonyl (C=O) groups excluding carboxylic acids is 1. The molecular weight excluding hydrogens is 214 g/mol. The average molecular weight is 233 g/mol. The Morgan fingerprint density at radius 3 is 2.50 bits per heavy atom. The molecule has 0 aromatic heterocycles. The number of aliphatic hydroxyl groups is 2. The van der Waals surface area contributed by atoms with Crippen LogP contribution in [0.25, 0.3) is 0 Å². The normalized spacial score (nSPS) is 14.2. The Morgan fingerprint density at radius 1 is 1.38 bits per heavy atom. The molecule has 0 saturated heterocycles. The number of hydrogen-bond donors (Lipinski definition) is 4. The van der Waals surface area contributed by atoms with Crippen molar-refractivity contribution in [3.8, 4) is 0 Å². The van der Waals surface area contributed by atoms with Gasteiger partial charge in [-0.05, 0) is 19.8 Å². The maximum Gasteiger partial charge on any atom is 0.303 e. The number of carboxylic acid groups (broad SMARTS) is 1. The first kappa shape index (κ1) is 14.9. The fraction of sp³-hybridized carbons (Fsp3) is 0.800. The lowest BCUT2D eigenvalue weighted by Crippen LogP contribution is -2.35. The Balaban J connectivity index is 3.69. The van der Waals surface area contributed by atoms with Crippen LogP contribution in [0.1, 0.15) is 32.6 Å². The second kappa shape index (κ2) is 7.19. The Hall–Kier alpha value is -1.14. The Bertz CT molecular complexity index is 239. The van der Waals surface area contributed by atoms with Gasteiger partial charge in [0.15, 0.2) is 0 Å². The molecule has 0 aliphatic carbocycles. The molecule has 0 fully saturated rings. The number of amides is 1. The molecule has 0 radical (unpaired) electrons. The van der Waals surface area contributed by atoms with Crippen LogP contribution in [-0.2, 0) is 9.59 Å². The highest BCUT2D eigenvalue weighted by Crippen LogP contribution is 2.13. The number of hydrogen-bond acceptors (Lipinski definition) is 4. The van der Waals surface area contributed by atoms with Gasteiger partial charge in [-0.3, -0.25) is 9.59 Å². The second-order valence-electron chi connectivity index (χ2n) is 3.99. The van der Waals surface area contributed by atoms with Crippen molar-refractivity contribution < 1.29 is 24.9 Å². The first-order valence-corrected chi connectivity index (χ1v) is 5.19. The zero-order valence-corrected chi connectivity index (χ0v) is 9.40. The van der Waals surface area contributed by atoms with Gasteiger partial charge >= 0.3 is 5.97 Å². The van der Waals surface area contributed by atoms with Gasteiger partial charge in [0, 0.05) is 19.6 Å². The van der Waals surface area contributed by atoms with Gasteiger partial charge in [-0.2, -0.15) is 0 Å². The van der Waals surface area contributed by atoms with Crippen molar-refractivity contribution in [2.75, 3.05) is 13.2 Å². The van der Waals surface area contributed by atoms with E-state index in [9.17, 15) is 14.7 Å². The maximum absolute atomic E-state index is 11.3. The first-order chi connectivity index (χ1) is 7.37.